The minimum absolute atomic E-state index is 0.288. The lowest BCUT2D eigenvalue weighted by atomic mass is 9.95. The Balaban J connectivity index is 1.65. The summed E-state index contributed by atoms with van der Waals surface area (Å²) in [6, 6.07) is 9.89. The van der Waals surface area contributed by atoms with Gasteiger partial charge in [-0.3, -0.25) is 4.90 Å². The molecule has 1 heterocycles. The number of piperidine rings is 1. The van der Waals surface area contributed by atoms with Gasteiger partial charge in [0.15, 0.2) is 0 Å². The van der Waals surface area contributed by atoms with Crippen LogP contribution in [0.3, 0.4) is 0 Å². The first-order valence-electron chi connectivity index (χ1n) is 6.53. The van der Waals surface area contributed by atoms with E-state index in [0.717, 1.165) is 44.8 Å². The summed E-state index contributed by atoms with van der Waals surface area (Å²) in [4.78, 5) is 2.38. The molecule has 1 saturated heterocycles. The molecule has 98 valence electrons. The quantitative estimate of drug-likeness (QED) is 0.812. The fourth-order valence-corrected chi connectivity index (χ4v) is 2.30. The van der Waals surface area contributed by atoms with Crippen molar-refractivity contribution in [2.24, 2.45) is 5.92 Å². The Hall–Kier alpha value is -1.48. The van der Waals surface area contributed by atoms with E-state index in [9.17, 15) is 5.11 Å². The molecule has 0 spiro atoms. The van der Waals surface area contributed by atoms with Crippen LogP contribution < -0.4 is 4.74 Å². The van der Waals surface area contributed by atoms with Gasteiger partial charge in [-0.15, -0.1) is 0 Å². The molecular weight excluding hydrogens is 226 g/mol. The summed E-state index contributed by atoms with van der Waals surface area (Å²) in [5, 5.41) is 9.35. The second-order valence-corrected chi connectivity index (χ2v) is 4.77. The lowest BCUT2D eigenvalue weighted by Gasteiger charge is -2.31. The van der Waals surface area contributed by atoms with Crippen LogP contribution in [0.1, 0.15) is 12.8 Å². The van der Waals surface area contributed by atoms with Crippen LogP contribution >= 0.6 is 0 Å². The van der Waals surface area contributed by atoms with E-state index in [1.54, 1.807) is 0 Å². The van der Waals surface area contributed by atoms with E-state index >= 15 is 0 Å². The third-order valence-electron chi connectivity index (χ3n) is 3.48. The van der Waals surface area contributed by atoms with Crippen LogP contribution in [-0.2, 0) is 0 Å². The summed E-state index contributed by atoms with van der Waals surface area (Å²) in [7, 11) is 0. The lowest BCUT2D eigenvalue weighted by Crippen LogP contribution is -2.36. The molecule has 0 aromatic heterocycles. The predicted molar refractivity (Wildman–Crippen MR) is 72.9 cm³/mol. The molecule has 0 atom stereocenters. The number of likely N-dealkylation sites (tertiary alicyclic amines) is 1. The zero-order valence-corrected chi connectivity index (χ0v) is 10.7. The third-order valence-corrected chi connectivity index (χ3v) is 3.48. The van der Waals surface area contributed by atoms with Gasteiger partial charge in [0.05, 0.1) is 5.76 Å². The van der Waals surface area contributed by atoms with Gasteiger partial charge in [-0.2, -0.15) is 0 Å². The Bertz CT molecular complexity index is 369. The molecule has 1 aromatic rings. The molecule has 0 saturated carbocycles. The number of hydrogen-bond acceptors (Lipinski definition) is 3. The molecular formula is C15H21NO2. The van der Waals surface area contributed by atoms with Crippen molar-refractivity contribution in [3.63, 3.8) is 0 Å². The molecule has 1 aliphatic heterocycles. The van der Waals surface area contributed by atoms with Gasteiger partial charge in [0, 0.05) is 12.5 Å². The number of aliphatic hydroxyl groups is 1. The molecule has 0 unspecified atom stereocenters. The van der Waals surface area contributed by atoms with Crippen LogP contribution in [0.15, 0.2) is 42.7 Å². The van der Waals surface area contributed by atoms with E-state index in [2.05, 4.69) is 11.5 Å². The normalized spacial score (nSPS) is 17.6. The topological polar surface area (TPSA) is 32.7 Å². The van der Waals surface area contributed by atoms with Crippen molar-refractivity contribution >= 4 is 0 Å². The Morgan fingerprint density at radius 3 is 2.56 bits per heavy atom. The highest BCUT2D eigenvalue weighted by Gasteiger charge is 2.20. The molecule has 1 aliphatic rings. The van der Waals surface area contributed by atoms with Crippen molar-refractivity contribution in [1.82, 2.24) is 4.90 Å². The highest BCUT2D eigenvalue weighted by atomic mass is 16.5. The number of hydrogen-bond donors (Lipinski definition) is 1. The highest BCUT2D eigenvalue weighted by Crippen LogP contribution is 2.21. The number of rotatable bonds is 5. The molecule has 18 heavy (non-hydrogen) atoms. The van der Waals surface area contributed by atoms with Crippen LogP contribution in [-0.4, -0.2) is 36.2 Å². The molecule has 0 aliphatic carbocycles. The molecule has 3 heteroatoms. The Kier molecular flexibility index (Phi) is 4.65. The van der Waals surface area contributed by atoms with Crippen LogP contribution in [0.2, 0.25) is 0 Å². The first-order valence-corrected chi connectivity index (χ1v) is 6.53. The average molecular weight is 247 g/mol. The van der Waals surface area contributed by atoms with Gasteiger partial charge in [0.1, 0.15) is 12.4 Å². The number of aliphatic hydroxyl groups excluding tert-OH is 1. The zero-order chi connectivity index (χ0) is 12.8. The maximum absolute atomic E-state index is 9.35. The van der Waals surface area contributed by atoms with Gasteiger partial charge >= 0.3 is 0 Å². The van der Waals surface area contributed by atoms with E-state index in [0.29, 0.717) is 5.76 Å². The van der Waals surface area contributed by atoms with Crippen LogP contribution in [0.5, 0.6) is 5.75 Å². The van der Waals surface area contributed by atoms with Crippen molar-refractivity contribution in [2.75, 3.05) is 26.2 Å². The average Bonchev–Trinajstić information content (AvgIpc) is 2.40. The first-order chi connectivity index (χ1) is 8.75. The summed E-state index contributed by atoms with van der Waals surface area (Å²) < 4.78 is 5.67. The molecule has 1 fully saturated rings. The smallest absolute Gasteiger partial charge is 0.119 e. The Labute approximate surface area is 109 Å². The molecule has 3 nitrogen and oxygen atoms in total. The van der Waals surface area contributed by atoms with Crippen LogP contribution in [0.4, 0.5) is 0 Å². The second kappa shape index (κ2) is 6.45. The SMILES string of the molecule is C=C(O)C1CCN(CCOc2ccccc2)CC1. The number of ether oxygens (including phenoxy) is 1. The third kappa shape index (κ3) is 3.77. The molecule has 0 radical (unpaired) electrons. The summed E-state index contributed by atoms with van der Waals surface area (Å²) in [5.41, 5.74) is 0. The van der Waals surface area contributed by atoms with E-state index in [-0.39, 0.29) is 5.92 Å². The van der Waals surface area contributed by atoms with Crippen molar-refractivity contribution in [3.05, 3.63) is 42.7 Å². The minimum Gasteiger partial charge on any atom is -0.513 e. The van der Waals surface area contributed by atoms with Crippen molar-refractivity contribution in [2.45, 2.75) is 12.8 Å². The van der Waals surface area contributed by atoms with E-state index < -0.39 is 0 Å². The lowest BCUT2D eigenvalue weighted by molar-refractivity contribution is 0.148. The fourth-order valence-electron chi connectivity index (χ4n) is 2.30. The number of benzene rings is 1. The number of nitrogens with zero attached hydrogens (tertiary/aromatic N) is 1. The largest absolute Gasteiger partial charge is 0.513 e. The van der Waals surface area contributed by atoms with E-state index in [1.807, 2.05) is 30.3 Å². The first kappa shape index (κ1) is 13.0. The monoisotopic (exact) mass is 247 g/mol. The van der Waals surface area contributed by atoms with Crippen molar-refractivity contribution in [3.8, 4) is 5.75 Å². The molecule has 1 aromatic carbocycles. The Morgan fingerprint density at radius 2 is 1.94 bits per heavy atom. The molecule has 1 N–H and O–H groups in total. The van der Waals surface area contributed by atoms with Gasteiger partial charge < -0.3 is 9.84 Å². The standard InChI is InChI=1S/C15H21NO2/c1-13(17)14-7-9-16(10-8-14)11-12-18-15-5-3-2-4-6-15/h2-6,14,17H,1,7-12H2. The van der Waals surface area contributed by atoms with Crippen LogP contribution in [0.25, 0.3) is 0 Å². The van der Waals surface area contributed by atoms with Gasteiger partial charge in [-0.1, -0.05) is 24.8 Å². The predicted octanol–water partition coefficient (Wildman–Crippen LogP) is 2.85. The fraction of sp³-hybridized carbons (Fsp3) is 0.467. The highest BCUT2D eigenvalue weighted by molar-refractivity contribution is 5.20. The molecule has 2 rings (SSSR count). The summed E-state index contributed by atoms with van der Waals surface area (Å²) in [6.45, 7) is 7.31. The Morgan fingerprint density at radius 1 is 1.28 bits per heavy atom. The second-order valence-electron chi connectivity index (χ2n) is 4.77. The summed E-state index contributed by atoms with van der Waals surface area (Å²) >= 11 is 0. The maximum atomic E-state index is 9.35. The summed E-state index contributed by atoms with van der Waals surface area (Å²) in [6.07, 6.45) is 2.00. The van der Waals surface area contributed by atoms with Gasteiger partial charge in [-0.25, -0.2) is 0 Å². The number of allylic oxidation sites excluding steroid dienone is 1. The molecule has 0 bridgehead atoms. The van der Waals surface area contributed by atoms with Crippen molar-refractivity contribution in [1.29, 1.82) is 0 Å². The molecule has 0 amide bonds. The van der Waals surface area contributed by atoms with Gasteiger partial charge in [0.25, 0.3) is 0 Å². The van der Waals surface area contributed by atoms with E-state index in [4.69, 9.17) is 4.74 Å². The van der Waals surface area contributed by atoms with Crippen LogP contribution in [0, 0.1) is 5.92 Å². The number of para-hydroxylation sites is 1. The van der Waals surface area contributed by atoms with Gasteiger partial charge in [-0.05, 0) is 38.1 Å². The zero-order valence-electron chi connectivity index (χ0n) is 10.7. The van der Waals surface area contributed by atoms with E-state index in [1.165, 1.54) is 0 Å². The summed E-state index contributed by atoms with van der Waals surface area (Å²) in [5.74, 6) is 1.56. The maximum Gasteiger partial charge on any atom is 0.119 e. The van der Waals surface area contributed by atoms with Gasteiger partial charge in [0.2, 0.25) is 0 Å². The van der Waals surface area contributed by atoms with Crippen molar-refractivity contribution < 1.29 is 9.84 Å². The minimum atomic E-state index is 0.288.